The average molecular weight is 616 g/mol. The van der Waals surface area contributed by atoms with Crippen LogP contribution in [0.25, 0.3) is 88.8 Å². The van der Waals surface area contributed by atoms with E-state index in [2.05, 4.69) is 129 Å². The summed E-state index contributed by atoms with van der Waals surface area (Å²) in [5.41, 5.74) is 9.38. The maximum absolute atomic E-state index is 6.63. The lowest BCUT2D eigenvalue weighted by Crippen LogP contribution is -2.17. The third kappa shape index (κ3) is 3.80. The molecule has 2 aromatic heterocycles. The van der Waals surface area contributed by atoms with Crippen LogP contribution in [0.5, 0.6) is 0 Å². The number of benzene rings is 7. The van der Waals surface area contributed by atoms with Crippen LogP contribution in [0.1, 0.15) is 25.0 Å². The molecule has 1 aliphatic rings. The van der Waals surface area contributed by atoms with Crippen LogP contribution < -0.4 is 0 Å². The Morgan fingerprint density at radius 2 is 1.12 bits per heavy atom. The zero-order valence-corrected chi connectivity index (χ0v) is 26.5. The smallest absolute Gasteiger partial charge is 0.164 e. The molecule has 0 amide bonds. The standard InChI is InChI=1S/C44H29N3O/c1-44(2)38-33(36-30-17-8-9-18-31(30)40-37(39(36)44)32-19-10-11-22-35(32)48-40)20-12-21-34(38)43-46-41(27-14-4-3-5-15-27)45-42(47-43)29-24-23-26-13-6-7-16-28(26)25-29/h3-25H,1-2H3. The number of hydrogen-bond acceptors (Lipinski definition) is 4. The molecule has 7 aromatic carbocycles. The largest absolute Gasteiger partial charge is 0.455 e. The molecule has 4 nitrogen and oxygen atoms in total. The highest BCUT2D eigenvalue weighted by molar-refractivity contribution is 6.23. The molecule has 4 heteroatoms. The van der Waals surface area contributed by atoms with Crippen LogP contribution in [0.15, 0.2) is 144 Å². The molecule has 2 heterocycles. The third-order valence-electron chi connectivity index (χ3n) is 10.0. The van der Waals surface area contributed by atoms with Crippen molar-refractivity contribution in [2.45, 2.75) is 19.3 Å². The second-order valence-electron chi connectivity index (χ2n) is 13.2. The monoisotopic (exact) mass is 615 g/mol. The average Bonchev–Trinajstić information content (AvgIpc) is 3.64. The molecule has 0 unspecified atom stereocenters. The first-order chi connectivity index (χ1) is 23.6. The van der Waals surface area contributed by atoms with Crippen LogP contribution in [-0.4, -0.2) is 15.0 Å². The number of nitrogens with zero attached hydrogens (tertiary/aromatic N) is 3. The molecule has 0 aliphatic heterocycles. The van der Waals surface area contributed by atoms with Crippen molar-refractivity contribution in [3.63, 3.8) is 0 Å². The summed E-state index contributed by atoms with van der Waals surface area (Å²) < 4.78 is 6.63. The summed E-state index contributed by atoms with van der Waals surface area (Å²) in [4.78, 5) is 15.5. The van der Waals surface area contributed by atoms with E-state index in [-0.39, 0.29) is 5.41 Å². The fourth-order valence-corrected chi connectivity index (χ4v) is 7.96. The van der Waals surface area contributed by atoms with E-state index in [0.29, 0.717) is 17.5 Å². The summed E-state index contributed by atoms with van der Waals surface area (Å²) >= 11 is 0. The quantitative estimate of drug-likeness (QED) is 0.198. The van der Waals surface area contributed by atoms with Crippen molar-refractivity contribution in [3.8, 4) is 45.3 Å². The minimum Gasteiger partial charge on any atom is -0.455 e. The lowest BCUT2D eigenvalue weighted by Gasteiger charge is -2.25. The molecule has 0 spiro atoms. The second kappa shape index (κ2) is 9.93. The van der Waals surface area contributed by atoms with Gasteiger partial charge in [-0.15, -0.1) is 0 Å². The normalized spacial score (nSPS) is 13.4. The van der Waals surface area contributed by atoms with Crippen molar-refractivity contribution in [1.29, 1.82) is 0 Å². The topological polar surface area (TPSA) is 51.8 Å². The summed E-state index contributed by atoms with van der Waals surface area (Å²) in [6.07, 6.45) is 0. The van der Waals surface area contributed by atoms with E-state index in [1.165, 1.54) is 38.4 Å². The summed E-state index contributed by atoms with van der Waals surface area (Å²) in [5.74, 6) is 1.98. The minimum absolute atomic E-state index is 0.376. The van der Waals surface area contributed by atoms with Gasteiger partial charge >= 0.3 is 0 Å². The summed E-state index contributed by atoms with van der Waals surface area (Å²) in [6.45, 7) is 4.67. The van der Waals surface area contributed by atoms with E-state index in [0.717, 1.165) is 44.0 Å². The van der Waals surface area contributed by atoms with Crippen molar-refractivity contribution in [2.75, 3.05) is 0 Å². The number of hydrogen-bond donors (Lipinski definition) is 0. The SMILES string of the molecule is CC1(C)c2c(-c3nc(-c4ccccc4)nc(-c4ccc5ccccc5c4)n3)cccc2-c2c1c1c3ccccc3oc1c1ccccc21. The van der Waals surface area contributed by atoms with Crippen LogP contribution in [0.2, 0.25) is 0 Å². The Hall–Kier alpha value is -6.13. The number of furan rings is 1. The highest BCUT2D eigenvalue weighted by atomic mass is 16.3. The van der Waals surface area contributed by atoms with Crippen LogP contribution in [0.4, 0.5) is 0 Å². The Morgan fingerprint density at radius 1 is 0.479 bits per heavy atom. The molecule has 10 rings (SSSR count). The second-order valence-corrected chi connectivity index (χ2v) is 13.2. The van der Waals surface area contributed by atoms with Gasteiger partial charge in [-0.05, 0) is 50.5 Å². The molecular formula is C44H29N3O. The molecule has 0 N–H and O–H groups in total. The lowest BCUT2D eigenvalue weighted by molar-refractivity contribution is 0.660. The molecule has 0 saturated carbocycles. The van der Waals surface area contributed by atoms with E-state index >= 15 is 0 Å². The highest BCUT2D eigenvalue weighted by Crippen LogP contribution is 2.58. The van der Waals surface area contributed by atoms with Crippen molar-refractivity contribution >= 4 is 43.5 Å². The van der Waals surface area contributed by atoms with Gasteiger partial charge in [-0.3, -0.25) is 0 Å². The Morgan fingerprint density at radius 3 is 1.96 bits per heavy atom. The van der Waals surface area contributed by atoms with E-state index < -0.39 is 0 Å². The van der Waals surface area contributed by atoms with Gasteiger partial charge in [0.2, 0.25) is 0 Å². The first-order valence-corrected chi connectivity index (χ1v) is 16.4. The number of rotatable bonds is 3. The fraction of sp³-hybridized carbons (Fsp3) is 0.0682. The van der Waals surface area contributed by atoms with Crippen molar-refractivity contribution < 1.29 is 4.42 Å². The highest BCUT2D eigenvalue weighted by Gasteiger charge is 2.42. The molecule has 1 aliphatic carbocycles. The third-order valence-corrected chi connectivity index (χ3v) is 10.0. The van der Waals surface area contributed by atoms with Gasteiger partial charge in [0.15, 0.2) is 17.5 Å². The Bertz CT molecular complexity index is 2760. The van der Waals surface area contributed by atoms with Crippen LogP contribution in [-0.2, 0) is 5.41 Å². The van der Waals surface area contributed by atoms with E-state index in [4.69, 9.17) is 19.4 Å². The zero-order chi connectivity index (χ0) is 32.0. The van der Waals surface area contributed by atoms with Gasteiger partial charge in [0, 0.05) is 38.3 Å². The first kappa shape index (κ1) is 27.0. The number of fused-ring (bicyclic) bond motifs is 11. The molecule has 0 radical (unpaired) electrons. The van der Waals surface area contributed by atoms with Gasteiger partial charge in [0.25, 0.3) is 0 Å². The summed E-state index contributed by atoms with van der Waals surface area (Å²) in [7, 11) is 0. The molecule has 0 saturated heterocycles. The summed E-state index contributed by atoms with van der Waals surface area (Å²) in [6, 6.07) is 48.6. The van der Waals surface area contributed by atoms with Crippen LogP contribution in [0, 0.1) is 0 Å². The first-order valence-electron chi connectivity index (χ1n) is 16.4. The van der Waals surface area contributed by atoms with Gasteiger partial charge in [-0.25, -0.2) is 15.0 Å². The van der Waals surface area contributed by atoms with Gasteiger partial charge < -0.3 is 4.42 Å². The number of para-hydroxylation sites is 1. The fourth-order valence-electron chi connectivity index (χ4n) is 7.96. The minimum atomic E-state index is -0.376. The van der Waals surface area contributed by atoms with Crippen molar-refractivity contribution in [3.05, 3.63) is 151 Å². The van der Waals surface area contributed by atoms with Gasteiger partial charge in [0.05, 0.1) is 0 Å². The maximum atomic E-state index is 6.63. The molecule has 9 aromatic rings. The zero-order valence-electron chi connectivity index (χ0n) is 26.5. The molecule has 226 valence electrons. The van der Waals surface area contributed by atoms with Gasteiger partial charge in [-0.1, -0.05) is 141 Å². The number of aromatic nitrogens is 3. The van der Waals surface area contributed by atoms with E-state index in [1.54, 1.807) is 0 Å². The molecular weight excluding hydrogens is 587 g/mol. The predicted molar refractivity (Wildman–Crippen MR) is 196 cm³/mol. The predicted octanol–water partition coefficient (Wildman–Crippen LogP) is 11.4. The molecule has 0 atom stereocenters. The molecule has 0 bridgehead atoms. The van der Waals surface area contributed by atoms with Crippen molar-refractivity contribution in [2.24, 2.45) is 0 Å². The van der Waals surface area contributed by atoms with Gasteiger partial charge in [0.1, 0.15) is 11.2 Å². The van der Waals surface area contributed by atoms with Crippen molar-refractivity contribution in [1.82, 2.24) is 15.0 Å². The maximum Gasteiger partial charge on any atom is 0.164 e. The van der Waals surface area contributed by atoms with Crippen LogP contribution >= 0.6 is 0 Å². The molecule has 0 fully saturated rings. The van der Waals surface area contributed by atoms with E-state index in [9.17, 15) is 0 Å². The lowest BCUT2D eigenvalue weighted by atomic mass is 9.78. The Labute approximate surface area is 277 Å². The van der Waals surface area contributed by atoms with Gasteiger partial charge in [-0.2, -0.15) is 0 Å². The Balaban J connectivity index is 1.27. The summed E-state index contributed by atoms with van der Waals surface area (Å²) in [5, 5.41) is 6.98. The van der Waals surface area contributed by atoms with Crippen LogP contribution in [0.3, 0.4) is 0 Å². The molecule has 48 heavy (non-hydrogen) atoms. The van der Waals surface area contributed by atoms with E-state index in [1.807, 2.05) is 24.3 Å². The Kier molecular flexibility index (Phi) is 5.59.